The summed E-state index contributed by atoms with van der Waals surface area (Å²) in [5.74, 6) is 0.367. The van der Waals surface area contributed by atoms with Crippen LogP contribution in [-0.4, -0.2) is 34.8 Å². The molecule has 0 saturated heterocycles. The fourth-order valence-corrected chi connectivity index (χ4v) is 6.74. The van der Waals surface area contributed by atoms with Crippen LogP contribution in [-0.2, 0) is 27.4 Å². The molecule has 1 unspecified atom stereocenters. The number of fused-ring (bicyclic) bond motifs is 1. The standard InChI is InChI=1S/C35H46N2O4/c1-34(2,3)41-30(38)22-35(19-20-35)18-8-9-21-36-32(39)31(26-10-4-5-11-26)27-16-14-25(15-17-27)23-37-24-28-12-6-7-13-29(28)33(37)40/h6-7,12-17,26,31H,4-5,8-11,18-24H2,1-3H3,(H,36,39). The van der Waals surface area contributed by atoms with E-state index in [-0.39, 0.29) is 29.1 Å². The molecule has 0 bridgehead atoms. The number of benzene rings is 2. The van der Waals surface area contributed by atoms with Crippen molar-refractivity contribution >= 4 is 17.8 Å². The molecule has 0 spiro atoms. The Hall–Kier alpha value is -3.15. The zero-order valence-corrected chi connectivity index (χ0v) is 25.0. The number of hydrogen-bond donors (Lipinski definition) is 1. The van der Waals surface area contributed by atoms with Gasteiger partial charge in [-0.15, -0.1) is 0 Å². The minimum absolute atomic E-state index is 0.0883. The minimum Gasteiger partial charge on any atom is -0.460 e. The first kappa shape index (κ1) is 29.3. The van der Waals surface area contributed by atoms with Gasteiger partial charge in [0.15, 0.2) is 0 Å². The SMILES string of the molecule is CC(C)(C)OC(=O)CC1(CCCCNC(=O)C(c2ccc(CN3Cc4ccccc4C3=O)cc2)C2CCCC2)CC1. The highest BCUT2D eigenvalue weighted by atomic mass is 16.6. The van der Waals surface area contributed by atoms with Gasteiger partial charge in [0.2, 0.25) is 5.91 Å². The molecule has 5 rings (SSSR count). The summed E-state index contributed by atoms with van der Waals surface area (Å²) in [5, 5.41) is 3.24. The maximum atomic E-state index is 13.5. The molecule has 6 nitrogen and oxygen atoms in total. The van der Waals surface area contributed by atoms with Gasteiger partial charge >= 0.3 is 5.97 Å². The first-order chi connectivity index (χ1) is 19.6. The predicted octanol–water partition coefficient (Wildman–Crippen LogP) is 6.91. The van der Waals surface area contributed by atoms with Gasteiger partial charge in [-0.25, -0.2) is 0 Å². The van der Waals surface area contributed by atoms with Crippen LogP contribution in [0.25, 0.3) is 0 Å². The van der Waals surface area contributed by atoms with Crippen molar-refractivity contribution in [3.05, 3.63) is 70.8 Å². The number of rotatable bonds is 12. The van der Waals surface area contributed by atoms with Crippen molar-refractivity contribution in [3.63, 3.8) is 0 Å². The summed E-state index contributed by atoms with van der Waals surface area (Å²) in [6.07, 6.45) is 10.2. The zero-order chi connectivity index (χ0) is 29.0. The lowest BCUT2D eigenvalue weighted by atomic mass is 9.83. The van der Waals surface area contributed by atoms with E-state index in [0.29, 0.717) is 32.0 Å². The summed E-state index contributed by atoms with van der Waals surface area (Å²) in [6, 6.07) is 16.2. The van der Waals surface area contributed by atoms with E-state index in [1.807, 2.05) is 49.9 Å². The first-order valence-corrected chi connectivity index (χ1v) is 15.6. The van der Waals surface area contributed by atoms with Gasteiger partial charge in [0.1, 0.15) is 5.60 Å². The molecular weight excluding hydrogens is 512 g/mol. The molecule has 2 aromatic carbocycles. The predicted molar refractivity (Wildman–Crippen MR) is 160 cm³/mol. The van der Waals surface area contributed by atoms with Crippen molar-refractivity contribution in [1.29, 1.82) is 0 Å². The molecule has 1 aliphatic heterocycles. The number of ether oxygens (including phenoxy) is 1. The van der Waals surface area contributed by atoms with Crippen molar-refractivity contribution < 1.29 is 19.1 Å². The molecule has 2 aromatic rings. The van der Waals surface area contributed by atoms with Crippen molar-refractivity contribution in [3.8, 4) is 0 Å². The monoisotopic (exact) mass is 558 g/mol. The van der Waals surface area contributed by atoms with E-state index in [0.717, 1.165) is 67.2 Å². The highest BCUT2D eigenvalue weighted by molar-refractivity contribution is 5.98. The number of nitrogens with zero attached hydrogens (tertiary/aromatic N) is 1. The van der Waals surface area contributed by atoms with E-state index in [4.69, 9.17) is 4.74 Å². The number of unbranched alkanes of at least 4 members (excludes halogenated alkanes) is 1. The van der Waals surface area contributed by atoms with E-state index < -0.39 is 5.60 Å². The number of hydrogen-bond acceptors (Lipinski definition) is 4. The maximum absolute atomic E-state index is 13.5. The second-order valence-electron chi connectivity index (χ2n) is 13.6. The fourth-order valence-electron chi connectivity index (χ4n) is 6.74. The number of carbonyl (C=O) groups excluding carboxylic acids is 3. The van der Waals surface area contributed by atoms with Crippen molar-refractivity contribution in [2.24, 2.45) is 11.3 Å². The molecular formula is C35H46N2O4. The van der Waals surface area contributed by atoms with Gasteiger partial charge in [-0.05, 0) is 93.4 Å². The lowest BCUT2D eigenvalue weighted by Crippen LogP contribution is -2.33. The van der Waals surface area contributed by atoms with Crippen LogP contribution in [0, 0.1) is 11.3 Å². The Kier molecular flexibility index (Phi) is 8.86. The quantitative estimate of drug-likeness (QED) is 0.227. The zero-order valence-electron chi connectivity index (χ0n) is 25.0. The molecule has 2 amide bonds. The molecule has 220 valence electrons. The van der Waals surface area contributed by atoms with Gasteiger partial charge in [0.05, 0.1) is 12.3 Å². The third kappa shape index (κ3) is 7.58. The van der Waals surface area contributed by atoms with Gasteiger partial charge in [-0.2, -0.15) is 0 Å². The topological polar surface area (TPSA) is 75.7 Å². The molecule has 41 heavy (non-hydrogen) atoms. The van der Waals surface area contributed by atoms with Crippen LogP contribution in [0.5, 0.6) is 0 Å². The summed E-state index contributed by atoms with van der Waals surface area (Å²) in [4.78, 5) is 40.5. The largest absolute Gasteiger partial charge is 0.460 e. The smallest absolute Gasteiger partial charge is 0.306 e. The van der Waals surface area contributed by atoms with E-state index in [1.165, 1.54) is 12.8 Å². The van der Waals surface area contributed by atoms with E-state index >= 15 is 0 Å². The van der Waals surface area contributed by atoms with E-state index in [2.05, 4.69) is 29.6 Å². The third-order valence-corrected chi connectivity index (χ3v) is 9.09. The van der Waals surface area contributed by atoms with Crippen molar-refractivity contribution in [1.82, 2.24) is 10.2 Å². The summed E-state index contributed by atoms with van der Waals surface area (Å²) in [5.41, 5.74) is 3.72. The average Bonchev–Trinajstić information content (AvgIpc) is 3.32. The number of esters is 1. The van der Waals surface area contributed by atoms with Gasteiger partial charge < -0.3 is 15.0 Å². The second-order valence-corrected chi connectivity index (χ2v) is 13.6. The Morgan fingerprint density at radius 3 is 2.39 bits per heavy atom. The van der Waals surface area contributed by atoms with Crippen LogP contribution in [0.1, 0.15) is 118 Å². The van der Waals surface area contributed by atoms with E-state index in [9.17, 15) is 14.4 Å². The summed E-state index contributed by atoms with van der Waals surface area (Å²) in [6.45, 7) is 7.62. The van der Waals surface area contributed by atoms with Crippen LogP contribution in [0.4, 0.5) is 0 Å². The normalized spacial score (nSPS) is 18.7. The Bertz CT molecular complexity index is 1240. The minimum atomic E-state index is -0.437. The Balaban J connectivity index is 1.11. The number of amides is 2. The molecule has 2 saturated carbocycles. The molecule has 6 heteroatoms. The maximum Gasteiger partial charge on any atom is 0.306 e. The highest BCUT2D eigenvalue weighted by Gasteiger charge is 2.44. The Morgan fingerprint density at radius 1 is 1.02 bits per heavy atom. The van der Waals surface area contributed by atoms with Gasteiger partial charge in [0.25, 0.3) is 5.91 Å². The van der Waals surface area contributed by atoms with Gasteiger partial charge in [-0.3, -0.25) is 14.4 Å². The van der Waals surface area contributed by atoms with Crippen LogP contribution in [0.3, 0.4) is 0 Å². The summed E-state index contributed by atoms with van der Waals surface area (Å²) >= 11 is 0. The third-order valence-electron chi connectivity index (χ3n) is 9.09. The molecule has 0 radical (unpaired) electrons. The van der Waals surface area contributed by atoms with Crippen LogP contribution in [0.15, 0.2) is 48.5 Å². The van der Waals surface area contributed by atoms with Crippen molar-refractivity contribution in [2.45, 2.75) is 110 Å². The number of nitrogens with one attached hydrogen (secondary N) is 1. The van der Waals surface area contributed by atoms with Gasteiger partial charge in [-0.1, -0.05) is 61.7 Å². The molecule has 2 aliphatic carbocycles. The van der Waals surface area contributed by atoms with Crippen molar-refractivity contribution in [2.75, 3.05) is 6.54 Å². The fraction of sp³-hybridized carbons (Fsp3) is 0.571. The molecule has 1 heterocycles. The molecule has 1 atom stereocenters. The van der Waals surface area contributed by atoms with Crippen LogP contribution >= 0.6 is 0 Å². The number of carbonyl (C=O) groups is 3. The average molecular weight is 559 g/mol. The molecule has 3 aliphatic rings. The summed E-state index contributed by atoms with van der Waals surface area (Å²) < 4.78 is 5.53. The summed E-state index contributed by atoms with van der Waals surface area (Å²) in [7, 11) is 0. The molecule has 0 aromatic heterocycles. The lowest BCUT2D eigenvalue weighted by molar-refractivity contribution is -0.156. The van der Waals surface area contributed by atoms with Crippen LogP contribution in [0.2, 0.25) is 0 Å². The first-order valence-electron chi connectivity index (χ1n) is 15.6. The lowest BCUT2D eigenvalue weighted by Gasteiger charge is -2.24. The Morgan fingerprint density at radius 2 is 1.73 bits per heavy atom. The second kappa shape index (κ2) is 12.4. The highest BCUT2D eigenvalue weighted by Crippen LogP contribution is 2.53. The van der Waals surface area contributed by atoms with Crippen LogP contribution < -0.4 is 5.32 Å². The van der Waals surface area contributed by atoms with Gasteiger partial charge in [0, 0.05) is 25.2 Å². The van der Waals surface area contributed by atoms with E-state index in [1.54, 1.807) is 0 Å². The molecule has 1 N–H and O–H groups in total. The Labute approximate surface area is 245 Å². The molecule has 2 fully saturated rings.